The standard InChI is InChI=1S/C18H18BrF5NO3PS/c1-3-27-29(28-4-2)18(23,24)16-14(19)12-8-11(10-25)9-13(15(12)30-16)26-7-5-6-17(20,21)22/h8-9H,3-7H2,1-2H3. The van der Waals surface area contributed by atoms with Gasteiger partial charge in [0.25, 0.3) is 8.38 Å². The summed E-state index contributed by atoms with van der Waals surface area (Å²) in [4.78, 5) is -0.360. The molecule has 0 aliphatic heterocycles. The second kappa shape index (κ2) is 10.5. The Balaban J connectivity index is 2.44. The van der Waals surface area contributed by atoms with Crippen LogP contribution in [0.4, 0.5) is 22.0 Å². The van der Waals surface area contributed by atoms with Crippen LogP contribution in [0.3, 0.4) is 0 Å². The van der Waals surface area contributed by atoms with E-state index in [-0.39, 0.29) is 46.9 Å². The van der Waals surface area contributed by atoms with Crippen molar-refractivity contribution < 1.29 is 35.7 Å². The lowest BCUT2D eigenvalue weighted by molar-refractivity contribution is -0.136. The number of hydrogen-bond donors (Lipinski definition) is 0. The van der Waals surface area contributed by atoms with Crippen molar-refractivity contribution in [3.63, 3.8) is 0 Å². The van der Waals surface area contributed by atoms with Crippen molar-refractivity contribution in [3.05, 3.63) is 27.0 Å². The summed E-state index contributed by atoms with van der Waals surface area (Å²) >= 11 is 3.90. The van der Waals surface area contributed by atoms with E-state index in [0.717, 1.165) is 11.3 Å². The van der Waals surface area contributed by atoms with Crippen molar-refractivity contribution >= 4 is 45.7 Å². The van der Waals surface area contributed by atoms with Crippen LogP contribution in [-0.4, -0.2) is 26.0 Å². The zero-order chi connectivity index (χ0) is 22.5. The van der Waals surface area contributed by atoms with Gasteiger partial charge in [0.2, 0.25) is 0 Å². The molecule has 4 nitrogen and oxygen atoms in total. The van der Waals surface area contributed by atoms with Gasteiger partial charge in [-0.3, -0.25) is 0 Å². The van der Waals surface area contributed by atoms with Gasteiger partial charge in [-0.2, -0.15) is 27.2 Å². The highest BCUT2D eigenvalue weighted by atomic mass is 79.9. The van der Waals surface area contributed by atoms with E-state index < -0.39 is 26.6 Å². The van der Waals surface area contributed by atoms with Crippen LogP contribution in [0.25, 0.3) is 10.1 Å². The average molecular weight is 534 g/mol. The minimum atomic E-state index is -4.32. The van der Waals surface area contributed by atoms with Crippen LogP contribution in [0.5, 0.6) is 5.75 Å². The van der Waals surface area contributed by atoms with E-state index in [1.54, 1.807) is 13.8 Å². The van der Waals surface area contributed by atoms with Gasteiger partial charge in [0.1, 0.15) is 5.75 Å². The molecule has 0 aliphatic carbocycles. The summed E-state index contributed by atoms with van der Waals surface area (Å²) in [7, 11) is -2.56. The summed E-state index contributed by atoms with van der Waals surface area (Å²) in [6, 6.07) is 4.65. The predicted octanol–water partition coefficient (Wildman–Crippen LogP) is 7.69. The molecule has 0 N–H and O–H groups in total. The van der Waals surface area contributed by atoms with Gasteiger partial charge < -0.3 is 13.8 Å². The van der Waals surface area contributed by atoms with Crippen LogP contribution >= 0.6 is 35.6 Å². The summed E-state index contributed by atoms with van der Waals surface area (Å²) in [6.45, 7) is 2.97. The highest BCUT2D eigenvalue weighted by molar-refractivity contribution is 9.10. The fourth-order valence-electron chi connectivity index (χ4n) is 2.48. The van der Waals surface area contributed by atoms with E-state index in [4.69, 9.17) is 13.8 Å². The predicted molar refractivity (Wildman–Crippen MR) is 109 cm³/mol. The molecule has 12 heteroatoms. The van der Waals surface area contributed by atoms with Gasteiger partial charge in [0, 0.05) is 16.3 Å². The maximum Gasteiger partial charge on any atom is 0.389 e. The summed E-state index contributed by atoms with van der Waals surface area (Å²) in [6.07, 6.45) is -5.64. The average Bonchev–Trinajstić information content (AvgIpc) is 3.01. The number of nitrogens with zero attached hydrogens (tertiary/aromatic N) is 1. The first-order valence-corrected chi connectivity index (χ1v) is 11.6. The quantitative estimate of drug-likeness (QED) is 0.178. The minimum Gasteiger partial charge on any atom is -0.492 e. The van der Waals surface area contributed by atoms with E-state index in [0.29, 0.717) is 10.1 Å². The number of thiophene rings is 1. The van der Waals surface area contributed by atoms with Gasteiger partial charge in [0.15, 0.2) is 0 Å². The molecular formula is C18H18BrF5NO3PS. The monoisotopic (exact) mass is 533 g/mol. The molecule has 0 radical (unpaired) electrons. The Hall–Kier alpha value is -1.05. The molecule has 2 rings (SSSR count). The fourth-order valence-corrected chi connectivity index (χ4v) is 6.09. The number of rotatable bonds is 10. The van der Waals surface area contributed by atoms with Crippen molar-refractivity contribution in [2.45, 2.75) is 38.5 Å². The van der Waals surface area contributed by atoms with E-state index in [1.165, 1.54) is 12.1 Å². The van der Waals surface area contributed by atoms with Crippen molar-refractivity contribution in [2.24, 2.45) is 0 Å². The Kier molecular flexibility index (Phi) is 8.83. The highest BCUT2D eigenvalue weighted by Crippen LogP contribution is 2.63. The van der Waals surface area contributed by atoms with Gasteiger partial charge in [-0.05, 0) is 48.3 Å². The molecule has 0 saturated heterocycles. The van der Waals surface area contributed by atoms with Crippen molar-refractivity contribution in [3.8, 4) is 11.8 Å². The van der Waals surface area contributed by atoms with Crippen LogP contribution in [0.15, 0.2) is 16.6 Å². The largest absolute Gasteiger partial charge is 0.492 e. The first-order valence-electron chi connectivity index (χ1n) is 8.85. The summed E-state index contributed by atoms with van der Waals surface area (Å²) in [5.74, 6) is 0.0797. The molecule has 30 heavy (non-hydrogen) atoms. The Labute approximate surface area is 184 Å². The fraction of sp³-hybridized carbons (Fsp3) is 0.500. The van der Waals surface area contributed by atoms with Crippen molar-refractivity contribution in [2.75, 3.05) is 19.8 Å². The van der Waals surface area contributed by atoms with Crippen LogP contribution in [0.1, 0.15) is 37.1 Å². The van der Waals surface area contributed by atoms with E-state index in [1.807, 2.05) is 6.07 Å². The van der Waals surface area contributed by atoms with Gasteiger partial charge in [0.05, 0.1) is 41.0 Å². The SMILES string of the molecule is CCOP(OCC)C(F)(F)c1sc2c(OCCCC(F)(F)F)cc(C#N)cc2c1Br. The van der Waals surface area contributed by atoms with Crippen LogP contribution in [0.2, 0.25) is 0 Å². The number of alkyl halides is 5. The van der Waals surface area contributed by atoms with Crippen molar-refractivity contribution in [1.29, 1.82) is 5.26 Å². The molecule has 166 valence electrons. The van der Waals surface area contributed by atoms with E-state index in [2.05, 4.69) is 15.9 Å². The molecular weight excluding hydrogens is 516 g/mol. The normalized spacial score (nSPS) is 12.5. The lowest BCUT2D eigenvalue weighted by Crippen LogP contribution is -2.13. The van der Waals surface area contributed by atoms with Gasteiger partial charge in [-0.15, -0.1) is 11.3 Å². The summed E-state index contributed by atoms with van der Waals surface area (Å²) in [5.41, 5.74) is -3.32. The topological polar surface area (TPSA) is 51.5 Å². The van der Waals surface area contributed by atoms with Gasteiger partial charge in [-0.1, -0.05) is 0 Å². The Bertz CT molecular complexity index is 910. The smallest absolute Gasteiger partial charge is 0.389 e. The lowest BCUT2D eigenvalue weighted by atomic mass is 10.1. The molecule has 0 spiro atoms. The molecule has 0 amide bonds. The third-order valence-electron chi connectivity index (χ3n) is 3.68. The second-order valence-corrected chi connectivity index (χ2v) is 9.32. The third kappa shape index (κ3) is 6.01. The molecule has 1 heterocycles. The lowest BCUT2D eigenvalue weighted by Gasteiger charge is -2.24. The van der Waals surface area contributed by atoms with Gasteiger partial charge >= 0.3 is 11.8 Å². The molecule has 0 atom stereocenters. The summed E-state index contributed by atoms with van der Waals surface area (Å²) in [5, 5.41) is 9.54. The van der Waals surface area contributed by atoms with Gasteiger partial charge in [-0.25, -0.2) is 0 Å². The number of hydrogen-bond acceptors (Lipinski definition) is 5. The molecule has 0 fully saturated rings. The second-order valence-electron chi connectivity index (χ2n) is 5.91. The Morgan fingerprint density at radius 2 is 1.77 bits per heavy atom. The van der Waals surface area contributed by atoms with Crippen molar-refractivity contribution in [1.82, 2.24) is 0 Å². The maximum absolute atomic E-state index is 15.2. The molecule has 0 saturated carbocycles. The number of halogens is 6. The molecule has 0 unspecified atom stereocenters. The first kappa shape index (κ1) is 25.2. The van der Waals surface area contributed by atoms with E-state index in [9.17, 15) is 18.4 Å². The minimum absolute atomic E-state index is 0.0377. The number of fused-ring (bicyclic) bond motifs is 1. The molecule has 1 aromatic heterocycles. The van der Waals surface area contributed by atoms with Crippen LogP contribution < -0.4 is 4.74 Å². The summed E-state index contributed by atoms with van der Waals surface area (Å²) < 4.78 is 83.4. The Morgan fingerprint density at radius 1 is 1.13 bits per heavy atom. The third-order valence-corrected chi connectivity index (χ3v) is 7.88. The number of ether oxygens (including phenoxy) is 1. The zero-order valence-corrected chi connectivity index (χ0v) is 19.3. The molecule has 2 aromatic rings. The first-order chi connectivity index (χ1) is 14.0. The zero-order valence-electron chi connectivity index (χ0n) is 16.0. The maximum atomic E-state index is 15.2. The van der Waals surface area contributed by atoms with Crippen LogP contribution in [0, 0.1) is 11.3 Å². The molecule has 0 bridgehead atoms. The Morgan fingerprint density at radius 3 is 2.30 bits per heavy atom. The van der Waals surface area contributed by atoms with E-state index >= 15 is 8.78 Å². The molecule has 1 aromatic carbocycles. The molecule has 0 aliphatic rings. The number of benzene rings is 1. The number of nitriles is 1. The highest BCUT2D eigenvalue weighted by Gasteiger charge is 2.48. The van der Waals surface area contributed by atoms with Crippen LogP contribution in [-0.2, 0) is 14.7 Å².